The molecule has 0 heterocycles. The Morgan fingerprint density at radius 1 is 0.674 bits per heavy atom. The van der Waals surface area contributed by atoms with Crippen LogP contribution in [0.1, 0.15) is 56.6 Å². The van der Waals surface area contributed by atoms with Crippen molar-refractivity contribution in [1.82, 2.24) is 0 Å². The van der Waals surface area contributed by atoms with E-state index in [0.29, 0.717) is 18.8 Å². The van der Waals surface area contributed by atoms with Gasteiger partial charge in [0.25, 0.3) is 0 Å². The van der Waals surface area contributed by atoms with Gasteiger partial charge in [0.05, 0.1) is 11.1 Å². The highest BCUT2D eigenvalue weighted by Gasteiger charge is 2.56. The van der Waals surface area contributed by atoms with Crippen molar-refractivity contribution in [3.63, 3.8) is 0 Å². The monoisotopic (exact) mass is 632 g/mol. The lowest BCUT2D eigenvalue weighted by Gasteiger charge is -2.61. The summed E-state index contributed by atoms with van der Waals surface area (Å²) in [7, 11) is -3.11. The molecule has 4 aliphatic rings. The summed E-state index contributed by atoms with van der Waals surface area (Å²) in [5, 5.41) is 0. The van der Waals surface area contributed by atoms with Crippen LogP contribution >= 0.6 is 0 Å². The fraction of sp³-hybridized carbons (Fsp3) is 0.400. The van der Waals surface area contributed by atoms with Crippen LogP contribution in [-0.4, -0.2) is 12.6 Å². The summed E-state index contributed by atoms with van der Waals surface area (Å²) in [6.07, 6.45) is 6.84. The maximum atomic E-state index is 14.9. The number of rotatable bonds is 4. The third kappa shape index (κ3) is 5.29. The van der Waals surface area contributed by atoms with Gasteiger partial charge in [-0.05, 0) is 85.8 Å². The van der Waals surface area contributed by atoms with Crippen LogP contribution in [0.25, 0.3) is 11.1 Å². The Labute approximate surface area is 242 Å². The molecule has 0 amide bonds. The first-order valence-corrected chi connectivity index (χ1v) is 14.3. The van der Waals surface area contributed by atoms with Crippen LogP contribution in [0, 0.1) is 70.7 Å². The van der Waals surface area contributed by atoms with Gasteiger partial charge in [-0.15, -0.1) is 12.6 Å². The zero-order valence-electron chi connectivity index (χ0n) is 22.8. The normalized spacial score (nSPS) is 25.3. The minimum atomic E-state index is -3.11. The van der Waals surface area contributed by atoms with Crippen molar-refractivity contribution < 1.29 is 52.5 Å². The summed E-state index contributed by atoms with van der Waals surface area (Å²) in [4.78, 5) is 0. The summed E-state index contributed by atoms with van der Waals surface area (Å²) in [5.41, 5.74) is -3.57. The molecule has 2 atom stereocenters. The van der Waals surface area contributed by atoms with Crippen LogP contribution < -0.4 is 4.74 Å². The number of ether oxygens (including phenoxy) is 1. The molecule has 4 bridgehead atoms. The largest absolute Gasteiger partial charge is 0.451 e. The van der Waals surface area contributed by atoms with E-state index in [1.54, 1.807) is 12.1 Å². The minimum absolute atomic E-state index is 0.000456. The van der Waals surface area contributed by atoms with Crippen LogP contribution in [0.2, 0.25) is 0 Å². The average Bonchev–Trinajstić information content (AvgIpc) is 2.92. The van der Waals surface area contributed by atoms with E-state index in [2.05, 4.69) is 6.92 Å². The maximum absolute atomic E-state index is 14.9. The molecule has 0 saturated heterocycles. The Balaban J connectivity index is 0.000000868. The molecular formula is C30H24F8O4S. The third-order valence-corrected chi connectivity index (χ3v) is 9.00. The fourth-order valence-electron chi connectivity index (χ4n) is 7.93. The van der Waals surface area contributed by atoms with Crippen LogP contribution in [0.15, 0.2) is 24.3 Å². The van der Waals surface area contributed by atoms with Crippen LogP contribution in [-0.2, 0) is 16.0 Å². The van der Waals surface area contributed by atoms with Crippen molar-refractivity contribution >= 4 is 10.6 Å². The van der Waals surface area contributed by atoms with Crippen LogP contribution in [0.5, 0.6) is 11.5 Å². The van der Waals surface area contributed by atoms with Crippen molar-refractivity contribution in [2.45, 2.75) is 57.8 Å². The molecule has 4 aliphatic carbocycles. The summed E-state index contributed by atoms with van der Waals surface area (Å²) >= 11 is 0. The Bertz CT molecular complexity index is 1660. The summed E-state index contributed by atoms with van der Waals surface area (Å²) in [6, 6.07) is 6.46. The van der Waals surface area contributed by atoms with E-state index in [1.807, 2.05) is 0 Å². The van der Waals surface area contributed by atoms with Crippen molar-refractivity contribution in [3.05, 3.63) is 81.9 Å². The second-order valence-corrected chi connectivity index (χ2v) is 12.5. The van der Waals surface area contributed by atoms with Gasteiger partial charge >= 0.3 is 10.6 Å². The quantitative estimate of drug-likeness (QED) is 0.214. The Morgan fingerprint density at radius 2 is 1.09 bits per heavy atom. The fourth-order valence-corrected chi connectivity index (χ4v) is 7.93. The van der Waals surface area contributed by atoms with Gasteiger partial charge in [0.2, 0.25) is 17.4 Å². The number of hydrogen-bond acceptors (Lipinski definition) is 4. The molecule has 4 saturated carbocycles. The zero-order chi connectivity index (χ0) is 31.6. The first-order valence-electron chi connectivity index (χ1n) is 13.3. The smallest absolute Gasteiger partial charge is 0.425 e. The summed E-state index contributed by atoms with van der Waals surface area (Å²) in [5.74, 6) is -17.3. The topological polar surface area (TPSA) is 60.4 Å². The molecule has 3 aromatic carbocycles. The van der Waals surface area contributed by atoms with Gasteiger partial charge < -0.3 is 4.74 Å². The van der Waals surface area contributed by atoms with Crippen molar-refractivity contribution in [3.8, 4) is 22.6 Å². The molecule has 7 rings (SSSR count). The second-order valence-electron chi connectivity index (χ2n) is 12.1. The van der Waals surface area contributed by atoms with Gasteiger partial charge in [0.15, 0.2) is 34.9 Å². The van der Waals surface area contributed by atoms with Gasteiger partial charge in [-0.3, -0.25) is 0 Å². The average molecular weight is 633 g/mol. The van der Waals surface area contributed by atoms with E-state index in [0.717, 1.165) is 24.8 Å². The molecule has 13 heteroatoms. The van der Waals surface area contributed by atoms with E-state index in [4.69, 9.17) is 17.4 Å². The predicted molar refractivity (Wildman–Crippen MR) is 137 cm³/mol. The van der Waals surface area contributed by atoms with E-state index < -0.39 is 79.6 Å². The van der Waals surface area contributed by atoms with Gasteiger partial charge in [0, 0.05) is 5.56 Å². The SMILES string of the molecule is Cc1c(F)c(F)c(-c2c(F)c(F)c(Oc3ccc(C45CC6CC(CC(C)(C6)C4)C5)cc3)c(F)c2F)c(F)c1F.O=S(=O)=O. The van der Waals surface area contributed by atoms with E-state index in [9.17, 15) is 35.1 Å². The molecule has 0 radical (unpaired) electrons. The molecule has 230 valence electrons. The van der Waals surface area contributed by atoms with Gasteiger partial charge in [0.1, 0.15) is 5.75 Å². The second kappa shape index (κ2) is 10.9. The minimum Gasteiger partial charge on any atom is -0.451 e. The standard InChI is InChI=1S/C30H24F8O.O3S/c1-13-20(31)22(33)18(23(34)21(13)32)19-24(35)26(37)28(27(38)25(19)36)39-17-5-3-16(4-6-17)30-10-14-7-15(11-30)9-29(2,8-14)12-30;1-4(2)3/h3-6,14-15H,7-12H2,1-2H3;. The van der Waals surface area contributed by atoms with Crippen molar-refractivity contribution in [1.29, 1.82) is 0 Å². The highest BCUT2D eigenvalue weighted by atomic mass is 32.2. The molecule has 4 fully saturated rings. The highest BCUT2D eigenvalue weighted by molar-refractivity contribution is 7.59. The Morgan fingerprint density at radius 3 is 1.51 bits per heavy atom. The molecule has 2 unspecified atom stereocenters. The summed E-state index contributed by atoms with van der Waals surface area (Å²) < 4.78 is 147. The number of benzene rings is 3. The van der Waals surface area contributed by atoms with E-state index in [1.165, 1.54) is 31.4 Å². The first-order chi connectivity index (χ1) is 20.1. The van der Waals surface area contributed by atoms with Gasteiger partial charge in [-0.1, -0.05) is 19.1 Å². The Kier molecular flexibility index (Phi) is 7.85. The molecular weight excluding hydrogens is 608 g/mol. The highest BCUT2D eigenvalue weighted by Crippen LogP contribution is 2.65. The number of halogens is 8. The molecule has 0 N–H and O–H groups in total. The predicted octanol–water partition coefficient (Wildman–Crippen LogP) is 8.42. The zero-order valence-corrected chi connectivity index (χ0v) is 23.6. The lowest BCUT2D eigenvalue weighted by Crippen LogP contribution is -2.52. The first kappa shape index (κ1) is 31.0. The number of hydrogen-bond donors (Lipinski definition) is 0. The molecule has 0 spiro atoms. The lowest BCUT2D eigenvalue weighted by atomic mass is 9.43. The Hall–Kier alpha value is -3.48. The lowest BCUT2D eigenvalue weighted by molar-refractivity contribution is -0.0615. The van der Waals surface area contributed by atoms with Crippen LogP contribution in [0.3, 0.4) is 0 Å². The third-order valence-electron chi connectivity index (χ3n) is 9.00. The molecule has 0 aromatic heterocycles. The van der Waals surface area contributed by atoms with Gasteiger partial charge in [-0.2, -0.15) is 8.78 Å². The molecule has 0 aliphatic heterocycles. The molecule has 3 aromatic rings. The maximum Gasteiger partial charge on any atom is 0.425 e. The van der Waals surface area contributed by atoms with Crippen molar-refractivity contribution in [2.75, 3.05) is 0 Å². The molecule has 4 nitrogen and oxygen atoms in total. The molecule has 43 heavy (non-hydrogen) atoms. The summed E-state index contributed by atoms with van der Waals surface area (Å²) in [6.45, 7) is 3.02. The van der Waals surface area contributed by atoms with Crippen molar-refractivity contribution in [2.24, 2.45) is 17.3 Å². The van der Waals surface area contributed by atoms with Crippen LogP contribution in [0.4, 0.5) is 35.1 Å². The van der Waals surface area contributed by atoms with E-state index >= 15 is 0 Å². The van der Waals surface area contributed by atoms with Gasteiger partial charge in [-0.25, -0.2) is 26.3 Å². The van der Waals surface area contributed by atoms with E-state index in [-0.39, 0.29) is 16.6 Å².